The molecule has 0 atom stereocenters. The third kappa shape index (κ3) is 33.2. The first-order chi connectivity index (χ1) is 2.41. The summed E-state index contributed by atoms with van der Waals surface area (Å²) in [6.45, 7) is 0. The number of hydrogen-bond donors (Lipinski definition) is 0. The molecule has 0 bridgehead atoms. The summed E-state index contributed by atoms with van der Waals surface area (Å²) in [4.78, 5) is 2.09. The first-order valence-electron chi connectivity index (χ1n) is 0.809. The van der Waals surface area contributed by atoms with Gasteiger partial charge in [-0.1, -0.05) is 0 Å². The second-order valence-electron chi connectivity index (χ2n) is 0.0583. The predicted octanol–water partition coefficient (Wildman–Crippen LogP) is 1.51. The summed E-state index contributed by atoms with van der Waals surface area (Å²) < 4.78 is 3.19. The molecule has 3 radical (unpaired) electrons. The van der Waals surface area contributed by atoms with E-state index >= 15 is 0 Å². The van der Waals surface area contributed by atoms with Crippen LogP contribution in [0.25, 0.3) is 0 Å². The zero-order valence-corrected chi connectivity index (χ0v) is 7.03. The van der Waals surface area contributed by atoms with Crippen LogP contribution in [0, 0.1) is 0 Å². The van der Waals surface area contributed by atoms with E-state index in [9.17, 15) is 0 Å². The molecule has 0 unspecified atom stereocenters. The zero-order chi connectivity index (χ0) is 4.71. The van der Waals surface area contributed by atoms with E-state index in [4.69, 9.17) is 0 Å². The van der Waals surface area contributed by atoms with Crippen LogP contribution < -0.4 is 0 Å². The average molecular weight is 221 g/mol. The van der Waals surface area contributed by atoms with Crippen LogP contribution in [0.1, 0.15) is 0 Å². The number of rotatable bonds is 0. The van der Waals surface area contributed by atoms with Gasteiger partial charge < -0.3 is 0 Å². The molecule has 0 aliphatic rings. The standard InChI is InChI=1S/CH3.Cl2O.Sn/c;1-3-2;/h1H3;;. The maximum absolute atomic E-state index is 4.26. The topological polar surface area (TPSA) is 9.23 Å². The minimum absolute atomic E-state index is 1.55. The summed E-state index contributed by atoms with van der Waals surface area (Å²) in [5.74, 6) is 0. The Bertz CT molecular complexity index is 9.61. The van der Waals surface area contributed by atoms with Crippen molar-refractivity contribution >= 4 is 46.3 Å². The quantitative estimate of drug-likeness (QED) is 0.563. The minimum atomic E-state index is 1.55. The Kier molecular flexibility index (Phi) is 35.3. The van der Waals surface area contributed by atoms with Gasteiger partial charge in [0.2, 0.25) is 0 Å². The van der Waals surface area contributed by atoms with E-state index < -0.39 is 0 Å². The third-order valence-electron chi connectivity index (χ3n) is 0. The van der Waals surface area contributed by atoms with E-state index in [1.807, 2.05) is 0 Å². The Labute approximate surface area is 55.0 Å². The van der Waals surface area contributed by atoms with Crippen molar-refractivity contribution in [2.75, 3.05) is 0 Å². The van der Waals surface area contributed by atoms with Crippen molar-refractivity contribution in [3.05, 3.63) is 0 Å². The summed E-state index contributed by atoms with van der Waals surface area (Å²) in [5, 5.41) is 0. The van der Waals surface area contributed by atoms with Crippen molar-refractivity contribution in [2.24, 2.45) is 0 Å². The van der Waals surface area contributed by atoms with E-state index in [0.717, 1.165) is 0 Å². The first kappa shape index (κ1) is 9.60. The summed E-state index contributed by atoms with van der Waals surface area (Å²) in [7, 11) is 0. The van der Waals surface area contributed by atoms with Crippen LogP contribution in [-0.2, 0) is 3.84 Å². The SMILES string of the molecule is ClOCl.[CH3][Sn]. The van der Waals surface area contributed by atoms with Crippen molar-refractivity contribution in [1.82, 2.24) is 0 Å². The van der Waals surface area contributed by atoms with Gasteiger partial charge in [-0.3, -0.25) is 0 Å². The molecule has 0 aromatic carbocycles. The van der Waals surface area contributed by atoms with E-state index in [0.29, 0.717) is 0 Å². The molecular formula is CH3Cl2OSn. The van der Waals surface area contributed by atoms with Crippen LogP contribution in [-0.4, -0.2) is 22.5 Å². The number of halogens is 2. The van der Waals surface area contributed by atoms with Crippen LogP contribution in [0.2, 0.25) is 4.94 Å². The maximum atomic E-state index is 4.26. The van der Waals surface area contributed by atoms with Crippen LogP contribution in [0.3, 0.4) is 0 Å². The molecule has 31 valence electrons. The molecule has 0 amide bonds. The van der Waals surface area contributed by atoms with Crippen LogP contribution in [0.5, 0.6) is 0 Å². The molecule has 0 aromatic rings. The van der Waals surface area contributed by atoms with Gasteiger partial charge in [-0.15, -0.1) is 0 Å². The summed E-state index contributed by atoms with van der Waals surface area (Å²) in [6.07, 6.45) is 0. The van der Waals surface area contributed by atoms with Crippen LogP contribution in [0.15, 0.2) is 0 Å². The van der Waals surface area contributed by atoms with E-state index in [2.05, 4.69) is 32.5 Å². The van der Waals surface area contributed by atoms with E-state index in [1.165, 1.54) is 0 Å². The third-order valence-corrected chi connectivity index (χ3v) is 0. The average Bonchev–Trinajstić information content (AvgIpc) is 1.46. The van der Waals surface area contributed by atoms with Gasteiger partial charge >= 0.3 is 27.5 Å². The Morgan fingerprint density at radius 1 is 1.40 bits per heavy atom. The summed E-state index contributed by atoms with van der Waals surface area (Å²) in [5.41, 5.74) is 0. The second kappa shape index (κ2) is 18.4. The molecule has 0 aliphatic carbocycles. The predicted molar refractivity (Wildman–Crippen MR) is 24.4 cm³/mol. The molecule has 0 heterocycles. The first-order valence-corrected chi connectivity index (χ1v) is 4.28. The van der Waals surface area contributed by atoms with Crippen molar-refractivity contribution < 1.29 is 3.84 Å². The van der Waals surface area contributed by atoms with Gasteiger partial charge in [-0.2, -0.15) is 3.84 Å². The molecule has 1 nitrogen and oxygen atoms in total. The summed E-state index contributed by atoms with van der Waals surface area (Å²) >= 11 is 10.1. The molecule has 0 saturated carbocycles. The molecule has 0 saturated heterocycles. The van der Waals surface area contributed by atoms with Gasteiger partial charge in [0.15, 0.2) is 0 Å². The van der Waals surface area contributed by atoms with Crippen LogP contribution >= 0.6 is 23.7 Å². The molecular weight excluding hydrogens is 218 g/mol. The fraction of sp³-hybridized carbons (Fsp3) is 1.00. The zero-order valence-electron chi connectivity index (χ0n) is 2.66. The van der Waals surface area contributed by atoms with Gasteiger partial charge in [0, 0.05) is 0 Å². The van der Waals surface area contributed by atoms with Crippen molar-refractivity contribution in [2.45, 2.75) is 4.94 Å². The van der Waals surface area contributed by atoms with E-state index in [-0.39, 0.29) is 0 Å². The molecule has 0 spiro atoms. The Balaban J connectivity index is 0. The Morgan fingerprint density at radius 2 is 1.40 bits per heavy atom. The molecule has 4 heteroatoms. The second-order valence-corrected chi connectivity index (χ2v) is 0.525. The molecule has 5 heavy (non-hydrogen) atoms. The normalized spacial score (nSPS) is 4.80. The molecule has 0 rings (SSSR count). The Morgan fingerprint density at radius 3 is 1.40 bits per heavy atom. The fourth-order valence-electron chi connectivity index (χ4n) is 0. The Hall–Kier alpha value is 1.34. The van der Waals surface area contributed by atoms with E-state index in [1.54, 1.807) is 22.5 Å². The number of hydrogen-bond acceptors (Lipinski definition) is 1. The van der Waals surface area contributed by atoms with Crippen molar-refractivity contribution in [1.29, 1.82) is 0 Å². The fourth-order valence-corrected chi connectivity index (χ4v) is 0. The molecule has 0 aliphatic heterocycles. The summed E-state index contributed by atoms with van der Waals surface area (Å²) in [6, 6.07) is 0. The van der Waals surface area contributed by atoms with Gasteiger partial charge in [-0.05, 0) is 0 Å². The van der Waals surface area contributed by atoms with Gasteiger partial charge in [0.05, 0.1) is 23.7 Å². The molecule has 0 aromatic heterocycles. The van der Waals surface area contributed by atoms with Crippen LogP contribution in [0.4, 0.5) is 0 Å². The monoisotopic (exact) mass is 221 g/mol. The van der Waals surface area contributed by atoms with Gasteiger partial charge in [-0.25, -0.2) is 0 Å². The van der Waals surface area contributed by atoms with Gasteiger partial charge in [0.25, 0.3) is 0 Å². The van der Waals surface area contributed by atoms with Crippen molar-refractivity contribution in [3.63, 3.8) is 0 Å². The van der Waals surface area contributed by atoms with Gasteiger partial charge in [0.1, 0.15) is 0 Å². The molecule has 0 fully saturated rings. The molecule has 0 N–H and O–H groups in total. The van der Waals surface area contributed by atoms with Crippen molar-refractivity contribution in [3.8, 4) is 0 Å².